The van der Waals surface area contributed by atoms with Crippen LogP contribution in [0.15, 0.2) is 36.4 Å². The Kier molecular flexibility index (Phi) is 16.2. The summed E-state index contributed by atoms with van der Waals surface area (Å²) in [5, 5.41) is 3.18. The summed E-state index contributed by atoms with van der Waals surface area (Å²) in [5.74, 6) is 0.322. The number of nitrogens with zero attached hydrogens (tertiary/aromatic N) is 2. The Labute approximate surface area is 314 Å². The van der Waals surface area contributed by atoms with E-state index in [0.29, 0.717) is 49.2 Å². The number of hydrogen-bond acceptors (Lipinski definition) is 6. The second kappa shape index (κ2) is 20.3. The van der Waals surface area contributed by atoms with Crippen molar-refractivity contribution in [2.75, 3.05) is 51.0 Å². The Morgan fingerprint density at radius 2 is 1.77 bits per heavy atom. The van der Waals surface area contributed by atoms with Crippen molar-refractivity contribution in [2.24, 2.45) is 23.2 Å². The first kappa shape index (κ1) is 41.5. The number of benzene rings is 2. The third kappa shape index (κ3) is 11.4. The average Bonchev–Trinajstić information content (AvgIpc) is 3.16. The summed E-state index contributed by atoms with van der Waals surface area (Å²) < 4.78 is 11.0. The minimum atomic E-state index is -0.243. The molecule has 2 fully saturated rings. The van der Waals surface area contributed by atoms with E-state index in [4.69, 9.17) is 9.47 Å². The molecule has 2 saturated heterocycles. The lowest BCUT2D eigenvalue weighted by Gasteiger charge is -2.37. The highest BCUT2D eigenvalue weighted by atomic mass is 16.5. The Morgan fingerprint density at radius 3 is 2.40 bits per heavy atom. The largest absolute Gasteiger partial charge is 0.381 e. The van der Waals surface area contributed by atoms with Gasteiger partial charge in [-0.25, -0.2) is 0 Å². The quantitative estimate of drug-likeness (QED) is 0.138. The number of unbranched alkanes of at least 4 members (excludes halogenated alkanes) is 1. The topological polar surface area (TPSA) is 88.2 Å². The van der Waals surface area contributed by atoms with Gasteiger partial charge in [-0.2, -0.15) is 0 Å². The average molecular weight is 718 g/mol. The number of amides is 2. The zero-order chi connectivity index (χ0) is 37.7. The highest BCUT2D eigenvalue weighted by molar-refractivity contribution is 5.99. The maximum Gasteiger partial charge on any atom is 0.251 e. The van der Waals surface area contributed by atoms with Crippen LogP contribution >= 0.6 is 0 Å². The SMILES string of the molecule is CCCCC(C)(CC)CCC(C)CC(C)C(C=O)CNC(=O)c1cc(-c2ccc(CN3CCOCC3=O)cc2)cc(N(CC)C2CCOCC2)c1C. The van der Waals surface area contributed by atoms with Gasteiger partial charge in [0.1, 0.15) is 12.9 Å². The van der Waals surface area contributed by atoms with Crippen LogP contribution in [-0.4, -0.2) is 75.1 Å². The van der Waals surface area contributed by atoms with Gasteiger partial charge in [-0.15, -0.1) is 0 Å². The maximum absolute atomic E-state index is 14.1. The molecule has 2 aromatic rings. The van der Waals surface area contributed by atoms with E-state index in [9.17, 15) is 14.4 Å². The van der Waals surface area contributed by atoms with Gasteiger partial charge in [0.15, 0.2) is 0 Å². The monoisotopic (exact) mass is 718 g/mol. The van der Waals surface area contributed by atoms with E-state index in [0.717, 1.165) is 73.2 Å². The smallest absolute Gasteiger partial charge is 0.251 e. The number of carbonyl (C=O) groups is 3. The summed E-state index contributed by atoms with van der Waals surface area (Å²) in [5.41, 5.74) is 6.07. The molecule has 1 N–H and O–H groups in total. The predicted molar refractivity (Wildman–Crippen MR) is 212 cm³/mol. The minimum Gasteiger partial charge on any atom is -0.381 e. The van der Waals surface area contributed by atoms with Crippen LogP contribution in [0.4, 0.5) is 5.69 Å². The standard InChI is InChI=1S/C44H67N3O5/c1-8-11-19-44(7,9-2)20-16-32(4)25-33(5)38(30-48)28-45-43(50)40-26-37(27-41(34(40)6)47(10-3)39-17-22-51-23-18-39)36-14-12-35(13-15-36)29-46-21-24-52-31-42(46)49/h12-15,26-27,30,32-33,38-39H,8-11,16-25,28-29,31H2,1-7H3,(H,45,50). The van der Waals surface area contributed by atoms with Gasteiger partial charge in [-0.1, -0.05) is 84.6 Å². The first-order valence-corrected chi connectivity index (χ1v) is 20.2. The summed E-state index contributed by atoms with van der Waals surface area (Å²) in [4.78, 5) is 43.1. The lowest BCUT2D eigenvalue weighted by molar-refractivity contribution is -0.143. The molecule has 2 heterocycles. The minimum absolute atomic E-state index is 0.0139. The van der Waals surface area contributed by atoms with Crippen LogP contribution in [0.1, 0.15) is 121 Å². The normalized spacial score (nSPS) is 18.4. The van der Waals surface area contributed by atoms with Gasteiger partial charge in [0.25, 0.3) is 5.91 Å². The van der Waals surface area contributed by atoms with Crippen LogP contribution in [0, 0.1) is 30.1 Å². The van der Waals surface area contributed by atoms with Gasteiger partial charge in [0.2, 0.25) is 5.91 Å². The van der Waals surface area contributed by atoms with E-state index in [1.807, 2.05) is 17.9 Å². The van der Waals surface area contributed by atoms with Crippen LogP contribution in [0.3, 0.4) is 0 Å². The van der Waals surface area contributed by atoms with Gasteiger partial charge in [0.05, 0.1) is 6.61 Å². The molecule has 4 atom stereocenters. The fourth-order valence-electron chi connectivity index (χ4n) is 8.06. The summed E-state index contributed by atoms with van der Waals surface area (Å²) >= 11 is 0. The second-order valence-electron chi connectivity index (χ2n) is 16.0. The molecule has 52 heavy (non-hydrogen) atoms. The van der Waals surface area contributed by atoms with Crippen molar-refractivity contribution in [3.8, 4) is 11.1 Å². The fraction of sp³-hybridized carbons (Fsp3) is 0.659. The van der Waals surface area contributed by atoms with Crippen molar-refractivity contribution >= 4 is 23.8 Å². The number of ether oxygens (including phenoxy) is 2. The molecule has 288 valence electrons. The Bertz CT molecular complexity index is 1440. The van der Waals surface area contributed by atoms with Crippen LogP contribution in [0.25, 0.3) is 11.1 Å². The molecule has 0 bridgehead atoms. The summed E-state index contributed by atoms with van der Waals surface area (Å²) in [6.07, 6.45) is 11.3. The molecule has 4 unspecified atom stereocenters. The number of morpholine rings is 1. The molecule has 2 aliphatic rings. The summed E-state index contributed by atoms with van der Waals surface area (Å²) in [7, 11) is 0. The first-order valence-electron chi connectivity index (χ1n) is 20.2. The number of carbonyl (C=O) groups excluding carboxylic acids is 3. The number of aldehydes is 1. The molecule has 0 spiro atoms. The highest BCUT2D eigenvalue weighted by Gasteiger charge is 2.27. The lowest BCUT2D eigenvalue weighted by atomic mass is 9.75. The molecule has 8 heteroatoms. The highest BCUT2D eigenvalue weighted by Crippen LogP contribution is 2.37. The number of hydrogen-bond donors (Lipinski definition) is 1. The van der Waals surface area contributed by atoms with Gasteiger partial charge in [-0.3, -0.25) is 9.59 Å². The maximum atomic E-state index is 14.1. The Morgan fingerprint density at radius 1 is 1.04 bits per heavy atom. The molecule has 2 aromatic carbocycles. The van der Waals surface area contributed by atoms with Crippen LogP contribution < -0.4 is 10.2 Å². The molecule has 0 aromatic heterocycles. The number of rotatable bonds is 20. The zero-order valence-corrected chi connectivity index (χ0v) is 33.3. The van der Waals surface area contributed by atoms with E-state index >= 15 is 0 Å². The first-order chi connectivity index (χ1) is 25.0. The molecule has 4 rings (SSSR count). The van der Waals surface area contributed by atoms with E-state index in [2.05, 4.69) is 82.1 Å². The molecule has 0 saturated carbocycles. The summed E-state index contributed by atoms with van der Waals surface area (Å²) in [6, 6.07) is 12.8. The third-order valence-electron chi connectivity index (χ3n) is 12.1. The van der Waals surface area contributed by atoms with Crippen molar-refractivity contribution in [3.05, 3.63) is 53.1 Å². The van der Waals surface area contributed by atoms with Gasteiger partial charge >= 0.3 is 0 Å². The van der Waals surface area contributed by atoms with Crippen molar-refractivity contribution in [1.29, 1.82) is 0 Å². The molecule has 2 amide bonds. The molecule has 0 aliphatic carbocycles. The lowest BCUT2D eigenvalue weighted by Crippen LogP contribution is -2.40. The Balaban J connectivity index is 1.51. The molecular weight excluding hydrogens is 651 g/mol. The van der Waals surface area contributed by atoms with Gasteiger partial charge in [-0.05, 0) is 97.6 Å². The van der Waals surface area contributed by atoms with E-state index < -0.39 is 0 Å². The van der Waals surface area contributed by atoms with Crippen LogP contribution in [0.5, 0.6) is 0 Å². The molecule has 8 nitrogen and oxygen atoms in total. The van der Waals surface area contributed by atoms with E-state index in [1.165, 1.54) is 38.5 Å². The fourth-order valence-corrected chi connectivity index (χ4v) is 8.06. The third-order valence-corrected chi connectivity index (χ3v) is 12.1. The van der Waals surface area contributed by atoms with Crippen LogP contribution in [0.2, 0.25) is 0 Å². The van der Waals surface area contributed by atoms with Crippen molar-refractivity contribution < 1.29 is 23.9 Å². The number of nitrogens with one attached hydrogen (secondary N) is 1. The van der Waals surface area contributed by atoms with Crippen molar-refractivity contribution in [2.45, 2.75) is 119 Å². The van der Waals surface area contributed by atoms with E-state index in [1.54, 1.807) is 0 Å². The van der Waals surface area contributed by atoms with Crippen molar-refractivity contribution in [1.82, 2.24) is 10.2 Å². The predicted octanol–water partition coefficient (Wildman–Crippen LogP) is 8.62. The van der Waals surface area contributed by atoms with E-state index in [-0.39, 0.29) is 30.3 Å². The molecule has 0 radical (unpaired) electrons. The van der Waals surface area contributed by atoms with Crippen molar-refractivity contribution in [3.63, 3.8) is 0 Å². The molecular formula is C44H67N3O5. The Hall–Kier alpha value is -3.23. The summed E-state index contributed by atoms with van der Waals surface area (Å²) in [6.45, 7) is 20.2. The van der Waals surface area contributed by atoms with Crippen LogP contribution in [-0.2, 0) is 25.6 Å². The second-order valence-corrected chi connectivity index (χ2v) is 16.0. The number of anilines is 1. The van der Waals surface area contributed by atoms with Gasteiger partial charge < -0.3 is 29.4 Å². The zero-order valence-electron chi connectivity index (χ0n) is 33.3. The molecule has 2 aliphatic heterocycles. The van der Waals surface area contributed by atoms with Gasteiger partial charge in [0, 0.05) is 62.6 Å².